The van der Waals surface area contributed by atoms with Crippen molar-refractivity contribution in [3.8, 4) is 0 Å². The van der Waals surface area contributed by atoms with E-state index in [1.54, 1.807) is 38.5 Å². The van der Waals surface area contributed by atoms with E-state index in [9.17, 15) is 0 Å². The summed E-state index contributed by atoms with van der Waals surface area (Å²) in [6.07, 6.45) is 9.62. The lowest BCUT2D eigenvalue weighted by Crippen LogP contribution is -2.38. The van der Waals surface area contributed by atoms with E-state index in [-0.39, 0.29) is 6.15 Å². The van der Waals surface area contributed by atoms with E-state index in [0.29, 0.717) is 0 Å². The lowest BCUT2D eigenvalue weighted by molar-refractivity contribution is 0.0198. The molecule has 0 heterocycles. The molecule has 0 amide bonds. The molecule has 0 radical (unpaired) electrons. The zero-order valence-electron chi connectivity index (χ0n) is 9.26. The molecule has 0 saturated heterocycles. The lowest BCUT2D eigenvalue weighted by Gasteiger charge is -2.49. The maximum Gasteiger partial charge on any atom is -0.0406 e. The van der Waals surface area contributed by atoms with Gasteiger partial charge in [-0.05, 0) is 62.2 Å². The topological polar surface area (TPSA) is 35.0 Å². The third-order valence-corrected chi connectivity index (χ3v) is 4.00. The monoisotopic (exact) mass is 183 g/mol. The van der Waals surface area contributed by atoms with Crippen molar-refractivity contribution in [2.45, 2.75) is 52.4 Å². The quantitative estimate of drug-likeness (QED) is 0.605. The van der Waals surface area contributed by atoms with Gasteiger partial charge in [0.2, 0.25) is 0 Å². The summed E-state index contributed by atoms with van der Waals surface area (Å²) in [7, 11) is 0. The van der Waals surface area contributed by atoms with Gasteiger partial charge in [-0.3, -0.25) is 0 Å². The second kappa shape index (κ2) is 4.45. The SMILES string of the molecule is C1C2CC3CC1CC(C2)C3.CC.N. The van der Waals surface area contributed by atoms with Gasteiger partial charge in [-0.1, -0.05) is 13.8 Å². The van der Waals surface area contributed by atoms with Gasteiger partial charge in [-0.2, -0.15) is 0 Å². The van der Waals surface area contributed by atoms with Crippen LogP contribution in [-0.4, -0.2) is 0 Å². The zero-order valence-corrected chi connectivity index (χ0v) is 9.26. The summed E-state index contributed by atoms with van der Waals surface area (Å²) in [5, 5.41) is 0. The Labute approximate surface area is 82.9 Å². The Bertz CT molecular complexity index is 96.7. The predicted molar refractivity (Wildman–Crippen MR) is 58.0 cm³/mol. The fraction of sp³-hybridized carbons (Fsp3) is 1.00. The van der Waals surface area contributed by atoms with Gasteiger partial charge < -0.3 is 6.15 Å². The minimum absolute atomic E-state index is 0. The molecule has 0 aromatic rings. The van der Waals surface area contributed by atoms with E-state index in [1.807, 2.05) is 13.8 Å². The van der Waals surface area contributed by atoms with Crippen LogP contribution in [-0.2, 0) is 0 Å². The van der Waals surface area contributed by atoms with Crippen molar-refractivity contribution in [3.05, 3.63) is 0 Å². The molecule has 4 fully saturated rings. The van der Waals surface area contributed by atoms with Crippen molar-refractivity contribution in [2.24, 2.45) is 23.7 Å². The van der Waals surface area contributed by atoms with Crippen LogP contribution in [0.15, 0.2) is 0 Å². The highest BCUT2D eigenvalue weighted by Crippen LogP contribution is 2.53. The smallest absolute Gasteiger partial charge is 0.0406 e. The predicted octanol–water partition coefficient (Wildman–Crippen LogP) is 4.02. The molecule has 0 atom stereocenters. The van der Waals surface area contributed by atoms with Crippen molar-refractivity contribution in [1.82, 2.24) is 6.15 Å². The van der Waals surface area contributed by atoms with E-state index in [4.69, 9.17) is 0 Å². The minimum atomic E-state index is 0. The van der Waals surface area contributed by atoms with Crippen LogP contribution in [0, 0.1) is 23.7 Å². The van der Waals surface area contributed by atoms with Crippen LogP contribution < -0.4 is 6.15 Å². The molecule has 3 N–H and O–H groups in total. The summed E-state index contributed by atoms with van der Waals surface area (Å²) in [5.74, 6) is 4.71. The van der Waals surface area contributed by atoms with Gasteiger partial charge >= 0.3 is 0 Å². The fourth-order valence-electron chi connectivity index (χ4n) is 3.98. The standard InChI is InChI=1S/C10H16.C2H6.H3N/c1-7-2-9-4-8(1)5-10(3-7)6-9;1-2;/h7-10H,1-6H2;1-2H3;1H3. The molecule has 78 valence electrons. The molecule has 0 aromatic heterocycles. The second-order valence-corrected chi connectivity index (χ2v) is 4.88. The van der Waals surface area contributed by atoms with Gasteiger partial charge in [-0.15, -0.1) is 0 Å². The Morgan fingerprint density at radius 3 is 0.846 bits per heavy atom. The molecular weight excluding hydrogens is 158 g/mol. The van der Waals surface area contributed by atoms with Gasteiger partial charge in [0.25, 0.3) is 0 Å². The van der Waals surface area contributed by atoms with Crippen molar-refractivity contribution >= 4 is 0 Å². The van der Waals surface area contributed by atoms with Crippen molar-refractivity contribution in [3.63, 3.8) is 0 Å². The molecule has 0 aliphatic heterocycles. The van der Waals surface area contributed by atoms with Crippen LogP contribution in [0.4, 0.5) is 0 Å². The first-order valence-corrected chi connectivity index (χ1v) is 5.90. The zero-order chi connectivity index (χ0) is 8.55. The Kier molecular flexibility index (Phi) is 3.78. The van der Waals surface area contributed by atoms with Crippen LogP contribution in [0.5, 0.6) is 0 Å². The molecule has 0 aromatic carbocycles. The Morgan fingerprint density at radius 2 is 0.692 bits per heavy atom. The third kappa shape index (κ3) is 2.07. The highest BCUT2D eigenvalue weighted by Gasteiger charge is 2.41. The average Bonchev–Trinajstić information content (AvgIpc) is 2.05. The summed E-state index contributed by atoms with van der Waals surface area (Å²) in [6.45, 7) is 4.00. The second-order valence-electron chi connectivity index (χ2n) is 4.88. The van der Waals surface area contributed by atoms with Crippen molar-refractivity contribution in [2.75, 3.05) is 0 Å². The highest BCUT2D eigenvalue weighted by molar-refractivity contribution is 4.92. The van der Waals surface area contributed by atoms with Gasteiger partial charge in [-0.25, -0.2) is 0 Å². The summed E-state index contributed by atoms with van der Waals surface area (Å²) >= 11 is 0. The third-order valence-electron chi connectivity index (χ3n) is 4.00. The van der Waals surface area contributed by atoms with Crippen LogP contribution in [0.2, 0.25) is 0 Å². The van der Waals surface area contributed by atoms with E-state index in [2.05, 4.69) is 0 Å². The Morgan fingerprint density at radius 1 is 0.538 bits per heavy atom. The fourth-order valence-corrected chi connectivity index (χ4v) is 3.98. The minimum Gasteiger partial charge on any atom is -0.344 e. The van der Waals surface area contributed by atoms with Gasteiger partial charge in [0.1, 0.15) is 0 Å². The van der Waals surface area contributed by atoms with Crippen molar-refractivity contribution < 1.29 is 0 Å². The number of hydrogen-bond acceptors (Lipinski definition) is 1. The number of rotatable bonds is 0. The van der Waals surface area contributed by atoms with Crippen LogP contribution >= 0.6 is 0 Å². The Balaban J connectivity index is 0.000000266. The van der Waals surface area contributed by atoms with E-state index in [1.165, 1.54) is 23.7 Å². The number of hydrogen-bond donors (Lipinski definition) is 1. The summed E-state index contributed by atoms with van der Waals surface area (Å²) in [6, 6.07) is 0. The summed E-state index contributed by atoms with van der Waals surface area (Å²) < 4.78 is 0. The lowest BCUT2D eigenvalue weighted by atomic mass is 9.56. The maximum absolute atomic E-state index is 2.00. The van der Waals surface area contributed by atoms with Gasteiger partial charge in [0.15, 0.2) is 0 Å². The van der Waals surface area contributed by atoms with Gasteiger partial charge in [0.05, 0.1) is 0 Å². The summed E-state index contributed by atoms with van der Waals surface area (Å²) in [5.41, 5.74) is 0. The molecule has 4 bridgehead atoms. The first kappa shape index (κ1) is 11.0. The molecule has 13 heavy (non-hydrogen) atoms. The normalized spacial score (nSPS) is 44.8. The molecule has 0 spiro atoms. The molecule has 4 aliphatic carbocycles. The van der Waals surface area contributed by atoms with E-state index < -0.39 is 0 Å². The molecule has 4 aliphatic rings. The van der Waals surface area contributed by atoms with Crippen molar-refractivity contribution in [1.29, 1.82) is 0 Å². The maximum atomic E-state index is 2.00. The largest absolute Gasteiger partial charge is 0.344 e. The first-order valence-electron chi connectivity index (χ1n) is 5.90. The van der Waals surface area contributed by atoms with Crippen LogP contribution in [0.1, 0.15) is 52.4 Å². The molecular formula is C12H25N. The van der Waals surface area contributed by atoms with E-state index in [0.717, 1.165) is 0 Å². The highest BCUT2D eigenvalue weighted by atomic mass is 14.5. The molecule has 4 saturated carbocycles. The first-order chi connectivity index (χ1) is 5.90. The van der Waals surface area contributed by atoms with E-state index >= 15 is 0 Å². The van der Waals surface area contributed by atoms with Crippen LogP contribution in [0.3, 0.4) is 0 Å². The molecule has 1 nitrogen and oxygen atoms in total. The van der Waals surface area contributed by atoms with Crippen LogP contribution in [0.25, 0.3) is 0 Å². The molecule has 4 rings (SSSR count). The molecule has 0 unspecified atom stereocenters. The average molecular weight is 183 g/mol. The Hall–Kier alpha value is -0.0400. The van der Waals surface area contributed by atoms with Gasteiger partial charge in [0, 0.05) is 0 Å². The summed E-state index contributed by atoms with van der Waals surface area (Å²) in [4.78, 5) is 0. The molecule has 1 heteroatoms.